The van der Waals surface area contributed by atoms with Gasteiger partial charge in [0.25, 0.3) is 0 Å². The fraction of sp³-hybridized carbons (Fsp3) is 0.0455. The second kappa shape index (κ2) is 9.28. The van der Waals surface area contributed by atoms with Gasteiger partial charge in [0, 0.05) is 5.69 Å². The first-order chi connectivity index (χ1) is 15.0. The molecule has 0 saturated heterocycles. The number of halogens is 3. The van der Waals surface area contributed by atoms with E-state index in [1.807, 2.05) is 30.3 Å². The molecule has 0 fully saturated rings. The number of nitrogens with zero attached hydrogens (tertiary/aromatic N) is 3. The Morgan fingerprint density at radius 2 is 1.74 bits per heavy atom. The van der Waals surface area contributed by atoms with Gasteiger partial charge in [-0.1, -0.05) is 53.7 Å². The van der Waals surface area contributed by atoms with E-state index in [1.165, 1.54) is 18.2 Å². The second-order valence-electron chi connectivity index (χ2n) is 6.42. The molecule has 0 saturated carbocycles. The zero-order valence-corrected chi connectivity index (χ0v) is 17.5. The zero-order valence-electron chi connectivity index (χ0n) is 15.9. The number of thioether (sulfide) groups is 1. The molecule has 0 unspecified atom stereocenters. The van der Waals surface area contributed by atoms with Crippen molar-refractivity contribution in [3.8, 4) is 17.1 Å². The Kier molecular flexibility index (Phi) is 6.29. The van der Waals surface area contributed by atoms with Crippen LogP contribution in [0, 0.1) is 11.6 Å². The summed E-state index contributed by atoms with van der Waals surface area (Å²) in [5.41, 5.74) is 1.34. The van der Waals surface area contributed by atoms with Gasteiger partial charge >= 0.3 is 0 Å². The van der Waals surface area contributed by atoms with Crippen LogP contribution in [0.15, 0.2) is 78.0 Å². The number of nitrogens with one attached hydrogen (secondary N) is 1. The minimum Gasteiger partial charge on any atom is -0.324 e. The molecule has 1 N–H and O–H groups in total. The van der Waals surface area contributed by atoms with Gasteiger partial charge in [0.1, 0.15) is 11.6 Å². The Balaban J connectivity index is 1.60. The molecule has 5 nitrogen and oxygen atoms in total. The van der Waals surface area contributed by atoms with Crippen molar-refractivity contribution in [1.82, 2.24) is 14.8 Å². The number of carbonyl (C=O) groups excluding carboxylic acids is 1. The van der Waals surface area contributed by atoms with Crippen molar-refractivity contribution < 1.29 is 13.6 Å². The molecule has 0 atom stereocenters. The predicted molar refractivity (Wildman–Crippen MR) is 118 cm³/mol. The molecule has 0 aliphatic rings. The van der Waals surface area contributed by atoms with Gasteiger partial charge in [0.05, 0.1) is 22.0 Å². The number of benzene rings is 3. The van der Waals surface area contributed by atoms with Crippen molar-refractivity contribution in [1.29, 1.82) is 0 Å². The first-order valence-corrected chi connectivity index (χ1v) is 10.5. The van der Waals surface area contributed by atoms with E-state index in [4.69, 9.17) is 11.6 Å². The lowest BCUT2D eigenvalue weighted by Crippen LogP contribution is -2.15. The Bertz CT molecular complexity index is 1230. The van der Waals surface area contributed by atoms with Crippen LogP contribution in [0.5, 0.6) is 0 Å². The van der Waals surface area contributed by atoms with Gasteiger partial charge < -0.3 is 5.32 Å². The molecule has 9 heteroatoms. The van der Waals surface area contributed by atoms with E-state index in [0.29, 0.717) is 22.2 Å². The molecule has 4 rings (SSSR count). The molecular weight excluding hydrogens is 442 g/mol. The molecule has 3 aromatic carbocycles. The number of hydrogen-bond acceptors (Lipinski definition) is 4. The number of amides is 1. The fourth-order valence-electron chi connectivity index (χ4n) is 2.90. The van der Waals surface area contributed by atoms with E-state index in [0.717, 1.165) is 23.5 Å². The summed E-state index contributed by atoms with van der Waals surface area (Å²) in [6.45, 7) is 0. The minimum atomic E-state index is -0.492. The van der Waals surface area contributed by atoms with E-state index in [1.54, 1.807) is 22.8 Å². The lowest BCUT2D eigenvalue weighted by molar-refractivity contribution is -0.113. The SMILES string of the molecule is O=C(CSc1nnc(-c2ccccc2F)n1-c1ccccc1)Nc1ccc(F)cc1Cl. The van der Waals surface area contributed by atoms with Crippen LogP contribution in [0.2, 0.25) is 5.02 Å². The molecule has 1 heterocycles. The Morgan fingerprint density at radius 1 is 1.00 bits per heavy atom. The lowest BCUT2D eigenvalue weighted by Gasteiger charge is -2.11. The van der Waals surface area contributed by atoms with Crippen LogP contribution in [0.3, 0.4) is 0 Å². The van der Waals surface area contributed by atoms with Gasteiger partial charge in [-0.25, -0.2) is 8.78 Å². The van der Waals surface area contributed by atoms with Crippen LogP contribution in [0.1, 0.15) is 0 Å². The molecule has 0 spiro atoms. The number of aromatic nitrogens is 3. The second-order valence-corrected chi connectivity index (χ2v) is 7.77. The molecule has 0 radical (unpaired) electrons. The minimum absolute atomic E-state index is 0.00402. The first-order valence-electron chi connectivity index (χ1n) is 9.16. The molecule has 0 aliphatic carbocycles. The average Bonchev–Trinajstić information content (AvgIpc) is 3.19. The predicted octanol–water partition coefficient (Wildman–Crippen LogP) is 5.60. The summed E-state index contributed by atoms with van der Waals surface area (Å²) >= 11 is 7.10. The molecule has 0 aliphatic heterocycles. The Morgan fingerprint density at radius 3 is 2.48 bits per heavy atom. The number of carbonyl (C=O) groups is 1. The van der Waals surface area contributed by atoms with Crippen LogP contribution in [0.4, 0.5) is 14.5 Å². The summed E-state index contributed by atoms with van der Waals surface area (Å²) in [6, 6.07) is 19.3. The molecule has 156 valence electrons. The summed E-state index contributed by atoms with van der Waals surface area (Å²) in [7, 11) is 0. The van der Waals surface area contributed by atoms with E-state index in [9.17, 15) is 13.6 Å². The normalized spacial score (nSPS) is 10.8. The van der Waals surface area contributed by atoms with Crippen LogP contribution >= 0.6 is 23.4 Å². The van der Waals surface area contributed by atoms with Crippen LogP contribution in [-0.2, 0) is 4.79 Å². The summed E-state index contributed by atoms with van der Waals surface area (Å²) in [5.74, 6) is -0.945. The van der Waals surface area contributed by atoms with E-state index < -0.39 is 11.6 Å². The maximum atomic E-state index is 14.4. The molecule has 1 amide bonds. The highest BCUT2D eigenvalue weighted by Crippen LogP contribution is 2.29. The number of para-hydroxylation sites is 1. The number of hydrogen-bond donors (Lipinski definition) is 1. The summed E-state index contributed by atoms with van der Waals surface area (Å²) < 4.78 is 29.3. The number of rotatable bonds is 6. The summed E-state index contributed by atoms with van der Waals surface area (Å²) in [6.07, 6.45) is 0. The van der Waals surface area contributed by atoms with E-state index >= 15 is 0 Å². The van der Waals surface area contributed by atoms with Crippen molar-refractivity contribution in [3.05, 3.63) is 89.5 Å². The highest BCUT2D eigenvalue weighted by atomic mass is 35.5. The molecule has 0 bridgehead atoms. The summed E-state index contributed by atoms with van der Waals surface area (Å²) in [5, 5.41) is 11.5. The smallest absolute Gasteiger partial charge is 0.234 e. The third kappa shape index (κ3) is 4.76. The van der Waals surface area contributed by atoms with Gasteiger partial charge in [0.2, 0.25) is 5.91 Å². The van der Waals surface area contributed by atoms with Crippen molar-refractivity contribution >= 4 is 35.0 Å². The van der Waals surface area contributed by atoms with Gasteiger partial charge in [-0.3, -0.25) is 9.36 Å². The van der Waals surface area contributed by atoms with Crippen LogP contribution in [-0.4, -0.2) is 26.4 Å². The van der Waals surface area contributed by atoms with Gasteiger partial charge in [0.15, 0.2) is 11.0 Å². The maximum absolute atomic E-state index is 14.4. The van der Waals surface area contributed by atoms with Gasteiger partial charge in [-0.15, -0.1) is 10.2 Å². The zero-order chi connectivity index (χ0) is 21.8. The lowest BCUT2D eigenvalue weighted by atomic mass is 10.2. The van der Waals surface area contributed by atoms with Crippen molar-refractivity contribution in [2.45, 2.75) is 5.16 Å². The third-order valence-electron chi connectivity index (χ3n) is 4.30. The van der Waals surface area contributed by atoms with Crippen molar-refractivity contribution in [2.75, 3.05) is 11.1 Å². The van der Waals surface area contributed by atoms with Crippen molar-refractivity contribution in [3.63, 3.8) is 0 Å². The standard InChI is InChI=1S/C22H15ClF2N4OS/c23-17-12-14(24)10-11-19(17)26-20(30)13-31-22-28-27-21(16-8-4-5-9-18(16)25)29(22)15-6-2-1-3-7-15/h1-12H,13H2,(H,26,30). The third-order valence-corrected chi connectivity index (χ3v) is 5.54. The highest BCUT2D eigenvalue weighted by molar-refractivity contribution is 7.99. The number of anilines is 1. The largest absolute Gasteiger partial charge is 0.324 e. The Labute approximate surface area is 186 Å². The first kappa shape index (κ1) is 21.0. The van der Waals surface area contributed by atoms with Crippen LogP contribution < -0.4 is 5.32 Å². The summed E-state index contributed by atoms with van der Waals surface area (Å²) in [4.78, 5) is 12.4. The molecular formula is C22H15ClF2N4OS. The van der Waals surface area contributed by atoms with Gasteiger partial charge in [-0.05, 0) is 42.5 Å². The quantitative estimate of drug-likeness (QED) is 0.384. The van der Waals surface area contributed by atoms with Crippen molar-refractivity contribution in [2.24, 2.45) is 0 Å². The van der Waals surface area contributed by atoms with E-state index in [2.05, 4.69) is 15.5 Å². The maximum Gasteiger partial charge on any atom is 0.234 e. The highest BCUT2D eigenvalue weighted by Gasteiger charge is 2.19. The van der Waals surface area contributed by atoms with Crippen LogP contribution in [0.25, 0.3) is 17.1 Å². The van der Waals surface area contributed by atoms with E-state index in [-0.39, 0.29) is 16.7 Å². The fourth-order valence-corrected chi connectivity index (χ4v) is 3.86. The topological polar surface area (TPSA) is 59.8 Å². The molecule has 4 aromatic rings. The molecule has 31 heavy (non-hydrogen) atoms. The monoisotopic (exact) mass is 456 g/mol. The average molecular weight is 457 g/mol. The van der Waals surface area contributed by atoms with Gasteiger partial charge in [-0.2, -0.15) is 0 Å². The Hall–Kier alpha value is -3.23. The molecule has 1 aromatic heterocycles.